The van der Waals surface area contributed by atoms with Crippen molar-refractivity contribution in [1.29, 1.82) is 0 Å². The molecule has 1 spiro atoms. The number of rotatable bonds is 3. The molecule has 1 saturated heterocycles. The van der Waals surface area contributed by atoms with Crippen LogP contribution in [0.15, 0.2) is 21.7 Å². The maximum atomic E-state index is 13.1. The van der Waals surface area contributed by atoms with Gasteiger partial charge in [0, 0.05) is 6.07 Å². The standard InChI is InChI=1S/C18H27NOS2/c20-22(17-9-6-12-21-17)19-14-18(10-4-5-11-18)13-16(19)15-7-2-1-3-8-15/h6,9,12,15-16H,1-5,7-8,10-11,13-14H2. The van der Waals surface area contributed by atoms with E-state index < -0.39 is 11.4 Å². The Bertz CT molecular complexity index is 477. The van der Waals surface area contributed by atoms with Gasteiger partial charge in [0.2, 0.25) is 4.21 Å². The molecular formula is C18H27NOS2. The van der Waals surface area contributed by atoms with Crippen LogP contribution in [0.4, 0.5) is 0 Å². The second-order valence-corrected chi connectivity index (χ2v) is 10.2. The van der Waals surface area contributed by atoms with Crippen LogP contribution in [-0.2, 0) is 11.4 Å². The number of hydrogen-bond acceptors (Lipinski definition) is 3. The van der Waals surface area contributed by atoms with Gasteiger partial charge in [0.25, 0.3) is 0 Å². The van der Waals surface area contributed by atoms with E-state index in [0.29, 0.717) is 11.5 Å². The Labute approximate surface area is 141 Å². The van der Waals surface area contributed by atoms with Crippen molar-refractivity contribution in [3.63, 3.8) is 0 Å². The molecule has 0 N–H and O–H groups in total. The zero-order valence-corrected chi connectivity index (χ0v) is 15.0. The first-order chi connectivity index (χ1) is 10.8. The van der Waals surface area contributed by atoms with Crippen LogP contribution in [0.3, 0.4) is 0 Å². The average Bonchev–Trinajstić information content (AvgIpc) is 3.29. The van der Waals surface area contributed by atoms with Gasteiger partial charge in [-0.05, 0) is 54.9 Å². The normalized spacial score (nSPS) is 31.0. The molecule has 3 fully saturated rings. The molecule has 4 heteroatoms. The molecule has 1 aliphatic heterocycles. The van der Waals surface area contributed by atoms with E-state index in [1.54, 1.807) is 11.3 Å². The lowest BCUT2D eigenvalue weighted by Gasteiger charge is -2.33. The highest BCUT2D eigenvalue weighted by atomic mass is 32.2. The number of nitrogens with zero attached hydrogens (tertiary/aromatic N) is 1. The Hall–Kier alpha value is -0.0300. The van der Waals surface area contributed by atoms with Gasteiger partial charge < -0.3 is 4.55 Å². The molecule has 2 nitrogen and oxygen atoms in total. The van der Waals surface area contributed by atoms with E-state index in [2.05, 4.69) is 15.8 Å². The molecule has 2 heterocycles. The number of thiophene rings is 1. The Morgan fingerprint density at radius 1 is 1.14 bits per heavy atom. The first-order valence-electron chi connectivity index (χ1n) is 9.00. The van der Waals surface area contributed by atoms with Crippen LogP contribution in [0.25, 0.3) is 0 Å². The Morgan fingerprint density at radius 2 is 1.91 bits per heavy atom. The molecule has 0 bridgehead atoms. The van der Waals surface area contributed by atoms with Gasteiger partial charge in [-0.2, -0.15) is 0 Å². The third kappa shape index (κ3) is 2.88. The molecule has 2 aliphatic carbocycles. The summed E-state index contributed by atoms with van der Waals surface area (Å²) in [5.74, 6) is 0.789. The van der Waals surface area contributed by atoms with Crippen molar-refractivity contribution in [2.75, 3.05) is 6.54 Å². The van der Waals surface area contributed by atoms with Crippen molar-refractivity contribution < 1.29 is 4.55 Å². The second kappa shape index (κ2) is 6.46. The summed E-state index contributed by atoms with van der Waals surface area (Å²) in [5, 5.41) is 2.06. The Kier molecular flexibility index (Phi) is 4.55. The first-order valence-corrected chi connectivity index (χ1v) is 11.0. The summed E-state index contributed by atoms with van der Waals surface area (Å²) in [4.78, 5) is 0. The van der Waals surface area contributed by atoms with Crippen LogP contribution in [0.1, 0.15) is 64.2 Å². The maximum Gasteiger partial charge on any atom is 0.227 e. The SMILES string of the molecule is [O-][S+](c1cccs1)N1CC2(CCCC2)CC1C1CCCCC1. The minimum Gasteiger partial charge on any atom is -0.592 e. The van der Waals surface area contributed by atoms with E-state index in [9.17, 15) is 4.55 Å². The van der Waals surface area contributed by atoms with Crippen LogP contribution in [-0.4, -0.2) is 21.4 Å². The van der Waals surface area contributed by atoms with E-state index in [1.807, 2.05) is 6.07 Å². The van der Waals surface area contributed by atoms with Gasteiger partial charge in [-0.25, -0.2) is 0 Å². The molecule has 3 aliphatic rings. The fraction of sp³-hybridized carbons (Fsp3) is 0.778. The van der Waals surface area contributed by atoms with Gasteiger partial charge >= 0.3 is 0 Å². The summed E-state index contributed by atoms with van der Waals surface area (Å²) < 4.78 is 16.6. The zero-order valence-electron chi connectivity index (χ0n) is 13.3. The highest BCUT2D eigenvalue weighted by Gasteiger charge is 2.52. The second-order valence-electron chi connectivity index (χ2n) is 7.63. The van der Waals surface area contributed by atoms with Crippen molar-refractivity contribution in [3.8, 4) is 0 Å². The Morgan fingerprint density at radius 3 is 2.59 bits per heavy atom. The van der Waals surface area contributed by atoms with Gasteiger partial charge in [-0.3, -0.25) is 0 Å². The van der Waals surface area contributed by atoms with Gasteiger partial charge in [-0.15, -0.1) is 4.31 Å². The van der Waals surface area contributed by atoms with Crippen molar-refractivity contribution >= 4 is 22.7 Å². The highest BCUT2D eigenvalue weighted by molar-refractivity contribution is 7.91. The van der Waals surface area contributed by atoms with Gasteiger partial charge in [-0.1, -0.05) is 43.4 Å². The summed E-state index contributed by atoms with van der Waals surface area (Å²) in [6.07, 6.45) is 13.7. The smallest absolute Gasteiger partial charge is 0.227 e. The van der Waals surface area contributed by atoms with Crippen molar-refractivity contribution in [2.45, 2.75) is 74.5 Å². The zero-order chi connectivity index (χ0) is 15.0. The summed E-state index contributed by atoms with van der Waals surface area (Å²) in [6.45, 7) is 1.08. The minimum atomic E-state index is -0.930. The van der Waals surface area contributed by atoms with Crippen molar-refractivity contribution in [1.82, 2.24) is 4.31 Å². The third-order valence-electron chi connectivity index (χ3n) is 6.24. The maximum absolute atomic E-state index is 13.1. The predicted molar refractivity (Wildman–Crippen MR) is 93.3 cm³/mol. The lowest BCUT2D eigenvalue weighted by Crippen LogP contribution is -2.40. The Balaban J connectivity index is 1.57. The van der Waals surface area contributed by atoms with Crippen LogP contribution in [0, 0.1) is 11.3 Å². The van der Waals surface area contributed by atoms with E-state index in [0.717, 1.165) is 16.7 Å². The molecule has 1 aromatic heterocycles. The molecule has 1 aromatic rings. The molecule has 0 aromatic carbocycles. The van der Waals surface area contributed by atoms with E-state index >= 15 is 0 Å². The monoisotopic (exact) mass is 337 g/mol. The summed E-state index contributed by atoms with van der Waals surface area (Å²) in [6, 6.07) is 4.66. The average molecular weight is 338 g/mol. The van der Waals surface area contributed by atoms with Gasteiger partial charge in [0.15, 0.2) is 0 Å². The lowest BCUT2D eigenvalue weighted by molar-refractivity contribution is 0.225. The fourth-order valence-electron chi connectivity index (χ4n) is 5.13. The quantitative estimate of drug-likeness (QED) is 0.727. The van der Waals surface area contributed by atoms with E-state index in [4.69, 9.17) is 0 Å². The van der Waals surface area contributed by atoms with Crippen LogP contribution in [0.5, 0.6) is 0 Å². The summed E-state index contributed by atoms with van der Waals surface area (Å²) in [5.41, 5.74) is 0.495. The van der Waals surface area contributed by atoms with Gasteiger partial charge in [0.1, 0.15) is 0 Å². The van der Waals surface area contributed by atoms with E-state index in [1.165, 1.54) is 64.2 Å². The summed E-state index contributed by atoms with van der Waals surface area (Å²) >= 11 is 0.726. The first kappa shape index (κ1) is 15.5. The minimum absolute atomic E-state index is 0.495. The molecule has 122 valence electrons. The molecule has 4 rings (SSSR count). The van der Waals surface area contributed by atoms with Crippen LogP contribution in [0.2, 0.25) is 0 Å². The third-order valence-corrected chi connectivity index (χ3v) is 8.93. The fourth-order valence-corrected chi connectivity index (χ4v) is 7.67. The van der Waals surface area contributed by atoms with Crippen molar-refractivity contribution in [2.24, 2.45) is 11.3 Å². The predicted octanol–water partition coefficient (Wildman–Crippen LogP) is 4.99. The molecule has 2 unspecified atom stereocenters. The molecular weight excluding hydrogens is 310 g/mol. The molecule has 2 saturated carbocycles. The molecule has 2 atom stereocenters. The molecule has 22 heavy (non-hydrogen) atoms. The number of hydrogen-bond donors (Lipinski definition) is 0. The van der Waals surface area contributed by atoms with Crippen molar-refractivity contribution in [3.05, 3.63) is 17.5 Å². The largest absolute Gasteiger partial charge is 0.592 e. The molecule has 0 amide bonds. The van der Waals surface area contributed by atoms with E-state index in [-0.39, 0.29) is 0 Å². The van der Waals surface area contributed by atoms with Crippen LogP contribution >= 0.6 is 11.3 Å². The lowest BCUT2D eigenvalue weighted by atomic mass is 9.77. The molecule has 0 radical (unpaired) electrons. The van der Waals surface area contributed by atoms with Crippen LogP contribution < -0.4 is 0 Å². The summed E-state index contributed by atoms with van der Waals surface area (Å²) in [7, 11) is 0. The highest BCUT2D eigenvalue weighted by Crippen LogP contribution is 2.52. The van der Waals surface area contributed by atoms with Gasteiger partial charge in [0.05, 0.1) is 23.9 Å². The topological polar surface area (TPSA) is 26.3 Å².